The summed E-state index contributed by atoms with van der Waals surface area (Å²) in [5.74, 6) is 1.52. The number of ether oxygens (including phenoxy) is 5. The highest BCUT2D eigenvalue weighted by atomic mass is 79.9. The number of thiazole rings is 1. The molecule has 0 bridgehead atoms. The third-order valence-electron chi connectivity index (χ3n) is 8.05. The van der Waals surface area contributed by atoms with Gasteiger partial charge in [-0.25, -0.2) is 9.79 Å². The minimum absolute atomic E-state index is 0.167. The van der Waals surface area contributed by atoms with Gasteiger partial charge in [0.25, 0.3) is 5.56 Å². The molecule has 0 amide bonds. The monoisotopic (exact) mass is 728 g/mol. The maximum Gasteiger partial charge on any atom is 0.338 e. The zero-order valence-corrected chi connectivity index (χ0v) is 29.4. The number of rotatable bonds is 10. The number of esters is 1. The molecule has 0 spiro atoms. The Bertz CT molecular complexity index is 2250. The van der Waals surface area contributed by atoms with E-state index in [2.05, 4.69) is 39.1 Å². The van der Waals surface area contributed by atoms with Gasteiger partial charge in [-0.3, -0.25) is 9.36 Å². The Hall–Kier alpha value is -4.87. The van der Waals surface area contributed by atoms with Gasteiger partial charge < -0.3 is 23.7 Å². The van der Waals surface area contributed by atoms with Gasteiger partial charge >= 0.3 is 5.97 Å². The van der Waals surface area contributed by atoms with Crippen LogP contribution in [-0.4, -0.2) is 38.5 Å². The van der Waals surface area contributed by atoms with Crippen molar-refractivity contribution in [1.82, 2.24) is 4.57 Å². The first-order chi connectivity index (χ1) is 23.3. The quantitative estimate of drug-likeness (QED) is 0.155. The van der Waals surface area contributed by atoms with Crippen LogP contribution in [0.2, 0.25) is 0 Å². The molecule has 5 aromatic rings. The van der Waals surface area contributed by atoms with Crippen LogP contribution in [0.3, 0.4) is 0 Å². The van der Waals surface area contributed by atoms with E-state index in [1.54, 1.807) is 52.3 Å². The van der Waals surface area contributed by atoms with Crippen LogP contribution in [0, 0.1) is 0 Å². The first kappa shape index (κ1) is 33.0. The standard InChI is InChI=1S/C37H33BrN2O7S/c1-6-46-36(42)32-21(2)39-37-40(33(32)27-19-25(43-3)14-15-29(27)44-4)35(41)31(48-37)18-22-16-28(38)34(30(17-22)45-5)47-20-24-12-9-11-23-10-7-8-13-26(23)24/h7-19,33H,6,20H2,1-5H3/b31-18-. The van der Waals surface area contributed by atoms with E-state index in [0.29, 0.717) is 60.2 Å². The van der Waals surface area contributed by atoms with Crippen molar-refractivity contribution in [2.75, 3.05) is 27.9 Å². The molecule has 0 saturated heterocycles. The van der Waals surface area contributed by atoms with Crippen molar-refractivity contribution in [3.63, 3.8) is 0 Å². The van der Waals surface area contributed by atoms with Crippen molar-refractivity contribution in [1.29, 1.82) is 0 Å². The first-order valence-corrected chi connectivity index (χ1v) is 16.8. The number of fused-ring (bicyclic) bond motifs is 2. The third kappa shape index (κ3) is 6.23. The second-order valence-corrected chi connectivity index (χ2v) is 12.7. The van der Waals surface area contributed by atoms with Gasteiger partial charge in [0.2, 0.25) is 0 Å². The van der Waals surface area contributed by atoms with Crippen LogP contribution in [0.15, 0.2) is 98.3 Å². The molecule has 0 N–H and O–H groups in total. The van der Waals surface area contributed by atoms with Gasteiger partial charge in [0.05, 0.1) is 48.2 Å². The molecular weight excluding hydrogens is 696 g/mol. The molecule has 0 aliphatic carbocycles. The number of nitrogens with zero attached hydrogens (tertiary/aromatic N) is 2. The molecule has 0 saturated carbocycles. The highest BCUT2D eigenvalue weighted by Gasteiger charge is 2.35. The number of allylic oxidation sites excluding steroid dienone is 1. The molecule has 11 heteroatoms. The minimum atomic E-state index is -0.862. The van der Waals surface area contributed by atoms with E-state index < -0.39 is 12.0 Å². The number of hydrogen-bond acceptors (Lipinski definition) is 9. The second kappa shape index (κ2) is 14.1. The Morgan fingerprint density at radius 2 is 1.75 bits per heavy atom. The Labute approximate surface area is 289 Å². The molecule has 6 rings (SSSR count). The van der Waals surface area contributed by atoms with Gasteiger partial charge in [0, 0.05) is 5.56 Å². The molecule has 1 aromatic heterocycles. The van der Waals surface area contributed by atoms with E-state index in [-0.39, 0.29) is 17.7 Å². The summed E-state index contributed by atoms with van der Waals surface area (Å²) in [4.78, 5) is 32.7. The lowest BCUT2D eigenvalue weighted by molar-refractivity contribution is -0.139. The second-order valence-electron chi connectivity index (χ2n) is 10.9. The maximum absolute atomic E-state index is 14.2. The lowest BCUT2D eigenvalue weighted by Crippen LogP contribution is -2.40. The smallest absolute Gasteiger partial charge is 0.338 e. The van der Waals surface area contributed by atoms with Crippen molar-refractivity contribution in [3.8, 4) is 23.0 Å². The maximum atomic E-state index is 14.2. The zero-order valence-electron chi connectivity index (χ0n) is 27.0. The zero-order chi connectivity index (χ0) is 33.9. The molecular formula is C37H33BrN2O7S. The summed E-state index contributed by atoms with van der Waals surface area (Å²) in [6.07, 6.45) is 1.77. The van der Waals surface area contributed by atoms with Crippen molar-refractivity contribution in [3.05, 3.63) is 125 Å². The number of carbonyl (C=O) groups excluding carboxylic acids is 1. The van der Waals surface area contributed by atoms with Crippen LogP contribution >= 0.6 is 27.3 Å². The van der Waals surface area contributed by atoms with Gasteiger partial charge in [-0.05, 0) is 88.1 Å². The molecule has 1 atom stereocenters. The highest BCUT2D eigenvalue weighted by molar-refractivity contribution is 9.10. The number of halogens is 1. The molecule has 0 radical (unpaired) electrons. The summed E-state index contributed by atoms with van der Waals surface area (Å²) in [6, 6.07) is 22.4. The lowest BCUT2D eigenvalue weighted by Gasteiger charge is -2.26. The molecule has 48 heavy (non-hydrogen) atoms. The number of benzene rings is 4. The first-order valence-electron chi connectivity index (χ1n) is 15.2. The van der Waals surface area contributed by atoms with Gasteiger partial charge in [-0.1, -0.05) is 53.8 Å². The molecule has 1 aliphatic heterocycles. The van der Waals surface area contributed by atoms with E-state index in [9.17, 15) is 9.59 Å². The van der Waals surface area contributed by atoms with Crippen LogP contribution in [0.4, 0.5) is 0 Å². The summed E-state index contributed by atoms with van der Waals surface area (Å²) < 4.78 is 31.2. The summed E-state index contributed by atoms with van der Waals surface area (Å²) in [5.41, 5.74) is 2.70. The van der Waals surface area contributed by atoms with Crippen LogP contribution in [0.25, 0.3) is 16.8 Å². The van der Waals surface area contributed by atoms with E-state index in [1.807, 2.05) is 36.4 Å². The fourth-order valence-electron chi connectivity index (χ4n) is 5.82. The van der Waals surface area contributed by atoms with Crippen molar-refractivity contribution >= 4 is 50.1 Å². The van der Waals surface area contributed by atoms with Crippen molar-refractivity contribution in [2.24, 2.45) is 4.99 Å². The van der Waals surface area contributed by atoms with Crippen LogP contribution < -0.4 is 33.8 Å². The molecule has 246 valence electrons. The Morgan fingerprint density at radius 3 is 2.50 bits per heavy atom. The van der Waals surface area contributed by atoms with Gasteiger partial charge in [-0.2, -0.15) is 0 Å². The number of methoxy groups -OCH3 is 3. The summed E-state index contributed by atoms with van der Waals surface area (Å²) in [5, 5.41) is 2.26. The van der Waals surface area contributed by atoms with Gasteiger partial charge in [0.1, 0.15) is 24.1 Å². The molecule has 1 aliphatic rings. The Morgan fingerprint density at radius 1 is 0.979 bits per heavy atom. The largest absolute Gasteiger partial charge is 0.497 e. The van der Waals surface area contributed by atoms with Crippen LogP contribution in [-0.2, 0) is 16.1 Å². The summed E-state index contributed by atoms with van der Waals surface area (Å²) in [6.45, 7) is 3.98. The lowest BCUT2D eigenvalue weighted by atomic mass is 9.94. The normalized spacial score (nSPS) is 14.4. The molecule has 9 nitrogen and oxygen atoms in total. The average molecular weight is 730 g/mol. The third-order valence-corrected chi connectivity index (χ3v) is 9.62. The molecule has 1 unspecified atom stereocenters. The van der Waals surface area contributed by atoms with E-state index in [4.69, 9.17) is 23.7 Å². The summed E-state index contributed by atoms with van der Waals surface area (Å²) >= 11 is 4.88. The SMILES string of the molecule is CCOC(=O)C1=C(C)N=c2s/c(=C\c3cc(Br)c(OCc4cccc5ccccc45)c(OC)c3)c(=O)n2C1c1cc(OC)ccc1OC. The molecule has 2 heterocycles. The van der Waals surface area contributed by atoms with Crippen LogP contribution in [0.1, 0.15) is 36.6 Å². The van der Waals surface area contributed by atoms with Gasteiger partial charge in [-0.15, -0.1) is 0 Å². The number of aromatic nitrogens is 1. The van der Waals surface area contributed by atoms with E-state index in [1.165, 1.54) is 23.0 Å². The van der Waals surface area contributed by atoms with Crippen molar-refractivity contribution in [2.45, 2.75) is 26.5 Å². The topological polar surface area (TPSA) is 97.6 Å². The number of hydrogen-bond donors (Lipinski definition) is 0. The fraction of sp³-hybridized carbons (Fsp3) is 0.216. The van der Waals surface area contributed by atoms with Gasteiger partial charge in [0.15, 0.2) is 16.3 Å². The average Bonchev–Trinajstić information content (AvgIpc) is 3.40. The highest BCUT2D eigenvalue weighted by Crippen LogP contribution is 2.39. The Balaban J connectivity index is 1.43. The number of carbonyl (C=O) groups is 1. The fourth-order valence-corrected chi connectivity index (χ4v) is 7.44. The van der Waals surface area contributed by atoms with Crippen LogP contribution in [0.5, 0.6) is 23.0 Å². The van der Waals surface area contributed by atoms with Crippen molar-refractivity contribution < 1.29 is 28.5 Å². The predicted octanol–water partition coefficient (Wildman–Crippen LogP) is 6.32. The molecule has 4 aromatic carbocycles. The summed E-state index contributed by atoms with van der Waals surface area (Å²) in [7, 11) is 4.67. The minimum Gasteiger partial charge on any atom is -0.497 e. The molecule has 0 fully saturated rings. The van der Waals surface area contributed by atoms with E-state index >= 15 is 0 Å². The predicted molar refractivity (Wildman–Crippen MR) is 189 cm³/mol. The van der Waals surface area contributed by atoms with E-state index in [0.717, 1.165) is 16.3 Å². The Kier molecular flexibility index (Phi) is 9.70.